The largest absolute Gasteiger partial charge is 0.465 e. The number of para-hydroxylation sites is 2. The molecule has 24 heavy (non-hydrogen) atoms. The molecule has 0 heterocycles. The number of methoxy groups -OCH3 is 1. The summed E-state index contributed by atoms with van der Waals surface area (Å²) in [5, 5.41) is 2.58. The Morgan fingerprint density at radius 1 is 1.00 bits per heavy atom. The first kappa shape index (κ1) is 17.2. The first-order valence-electron chi connectivity index (χ1n) is 7.31. The summed E-state index contributed by atoms with van der Waals surface area (Å²) in [6.07, 6.45) is -0.332. The molecule has 0 bridgehead atoms. The van der Waals surface area contributed by atoms with Gasteiger partial charge in [0.2, 0.25) is 11.8 Å². The van der Waals surface area contributed by atoms with Crippen molar-refractivity contribution in [2.75, 3.05) is 24.4 Å². The number of hydrogen-bond acceptors (Lipinski definition) is 4. The van der Waals surface area contributed by atoms with Crippen LogP contribution in [0.15, 0.2) is 54.6 Å². The summed E-state index contributed by atoms with van der Waals surface area (Å²) in [5.41, 5.74) is 1.24. The number of nitrogens with one attached hydrogen (secondary N) is 1. The minimum absolute atomic E-state index is 0.234. The maximum Gasteiger partial charge on any atom is 0.339 e. The highest BCUT2D eigenvalue weighted by Gasteiger charge is 2.18. The molecule has 2 aromatic carbocycles. The molecule has 6 nitrogen and oxygen atoms in total. The second-order valence-corrected chi connectivity index (χ2v) is 5.05. The topological polar surface area (TPSA) is 75.7 Å². The molecule has 0 radical (unpaired) electrons. The monoisotopic (exact) mass is 326 g/mol. The van der Waals surface area contributed by atoms with Crippen LogP contribution in [0.4, 0.5) is 11.4 Å². The number of esters is 1. The van der Waals surface area contributed by atoms with Crippen LogP contribution in [0.3, 0.4) is 0 Å². The number of benzene rings is 2. The SMILES string of the molecule is COC(=O)c1ccccc1NC(=O)CC(=O)N(C)c1ccccc1. The van der Waals surface area contributed by atoms with Crippen molar-refractivity contribution in [3.8, 4) is 0 Å². The molecule has 0 aliphatic rings. The number of carbonyl (C=O) groups excluding carboxylic acids is 3. The van der Waals surface area contributed by atoms with E-state index in [9.17, 15) is 14.4 Å². The lowest BCUT2D eigenvalue weighted by molar-refractivity contribution is -0.125. The molecule has 1 N–H and O–H groups in total. The van der Waals surface area contributed by atoms with Crippen LogP contribution in [-0.2, 0) is 14.3 Å². The number of nitrogens with zero attached hydrogens (tertiary/aromatic N) is 1. The third kappa shape index (κ3) is 4.19. The minimum atomic E-state index is -0.557. The fourth-order valence-electron chi connectivity index (χ4n) is 2.13. The lowest BCUT2D eigenvalue weighted by Gasteiger charge is -2.17. The summed E-state index contributed by atoms with van der Waals surface area (Å²) >= 11 is 0. The van der Waals surface area contributed by atoms with Crippen LogP contribution in [0, 0.1) is 0 Å². The molecule has 0 aliphatic carbocycles. The van der Waals surface area contributed by atoms with Crippen molar-refractivity contribution in [2.45, 2.75) is 6.42 Å². The molecule has 0 spiro atoms. The molecule has 0 aromatic heterocycles. The van der Waals surface area contributed by atoms with Crippen molar-refractivity contribution < 1.29 is 19.1 Å². The average molecular weight is 326 g/mol. The zero-order chi connectivity index (χ0) is 17.5. The van der Waals surface area contributed by atoms with Crippen LogP contribution < -0.4 is 10.2 Å². The molecule has 0 atom stereocenters. The zero-order valence-electron chi connectivity index (χ0n) is 13.5. The average Bonchev–Trinajstić information content (AvgIpc) is 2.61. The van der Waals surface area contributed by atoms with E-state index in [1.165, 1.54) is 12.0 Å². The first-order valence-corrected chi connectivity index (χ1v) is 7.31. The van der Waals surface area contributed by atoms with Gasteiger partial charge in [-0.25, -0.2) is 4.79 Å². The predicted molar refractivity (Wildman–Crippen MR) is 90.9 cm³/mol. The van der Waals surface area contributed by atoms with Crippen molar-refractivity contribution in [1.29, 1.82) is 0 Å². The molecule has 0 unspecified atom stereocenters. The second kappa shape index (κ2) is 7.92. The molecule has 6 heteroatoms. The highest BCUT2D eigenvalue weighted by atomic mass is 16.5. The van der Waals surface area contributed by atoms with E-state index in [1.807, 2.05) is 18.2 Å². The highest BCUT2D eigenvalue weighted by molar-refractivity contribution is 6.10. The third-order valence-corrected chi connectivity index (χ3v) is 3.44. The smallest absolute Gasteiger partial charge is 0.339 e. The number of ether oxygens (including phenoxy) is 1. The summed E-state index contributed by atoms with van der Waals surface area (Å²) < 4.78 is 4.67. The summed E-state index contributed by atoms with van der Waals surface area (Å²) in [6.45, 7) is 0. The Morgan fingerprint density at radius 2 is 1.62 bits per heavy atom. The predicted octanol–water partition coefficient (Wildman–Crippen LogP) is 2.46. The minimum Gasteiger partial charge on any atom is -0.465 e. The lowest BCUT2D eigenvalue weighted by Crippen LogP contribution is -2.30. The summed E-state index contributed by atoms with van der Waals surface area (Å²) in [5.74, 6) is -1.41. The normalized spacial score (nSPS) is 9.92. The molecule has 0 aliphatic heterocycles. The Balaban J connectivity index is 2.04. The van der Waals surface area contributed by atoms with Gasteiger partial charge in [-0.15, -0.1) is 0 Å². The van der Waals surface area contributed by atoms with Crippen molar-refractivity contribution in [2.24, 2.45) is 0 Å². The molecule has 2 amide bonds. The fraction of sp³-hybridized carbons (Fsp3) is 0.167. The third-order valence-electron chi connectivity index (χ3n) is 3.44. The van der Waals surface area contributed by atoms with Gasteiger partial charge in [-0.3, -0.25) is 9.59 Å². The van der Waals surface area contributed by atoms with Crippen LogP contribution in [0.25, 0.3) is 0 Å². The van der Waals surface area contributed by atoms with Gasteiger partial charge in [0.1, 0.15) is 6.42 Å². The quantitative estimate of drug-likeness (QED) is 0.676. The summed E-state index contributed by atoms with van der Waals surface area (Å²) in [7, 11) is 2.87. The standard InChI is InChI=1S/C18H18N2O4/c1-20(13-8-4-3-5-9-13)17(22)12-16(21)19-15-11-7-6-10-14(15)18(23)24-2/h3-11H,12H2,1-2H3,(H,19,21). The van der Waals surface area contributed by atoms with E-state index < -0.39 is 11.9 Å². The number of carbonyl (C=O) groups is 3. The van der Waals surface area contributed by atoms with Gasteiger partial charge in [-0.05, 0) is 24.3 Å². The van der Waals surface area contributed by atoms with Crippen molar-refractivity contribution in [1.82, 2.24) is 0 Å². The van der Waals surface area contributed by atoms with Crippen molar-refractivity contribution >= 4 is 29.2 Å². The van der Waals surface area contributed by atoms with Gasteiger partial charge in [0.05, 0.1) is 18.4 Å². The Bertz CT molecular complexity index is 744. The van der Waals surface area contributed by atoms with Crippen molar-refractivity contribution in [3.63, 3.8) is 0 Å². The Hall–Kier alpha value is -3.15. The molecule has 124 valence electrons. The van der Waals surface area contributed by atoms with Crippen LogP contribution in [-0.4, -0.2) is 31.9 Å². The van der Waals surface area contributed by atoms with E-state index in [4.69, 9.17) is 0 Å². The van der Waals surface area contributed by atoms with Crippen LogP contribution in [0.5, 0.6) is 0 Å². The highest BCUT2D eigenvalue weighted by Crippen LogP contribution is 2.17. The second-order valence-electron chi connectivity index (χ2n) is 5.05. The van der Waals surface area contributed by atoms with E-state index in [1.54, 1.807) is 43.4 Å². The maximum atomic E-state index is 12.2. The van der Waals surface area contributed by atoms with E-state index in [2.05, 4.69) is 10.1 Å². The van der Waals surface area contributed by atoms with Crippen LogP contribution in [0.1, 0.15) is 16.8 Å². The van der Waals surface area contributed by atoms with Crippen LogP contribution in [0.2, 0.25) is 0 Å². The molecule has 2 aromatic rings. The van der Waals surface area contributed by atoms with Gasteiger partial charge in [-0.2, -0.15) is 0 Å². The summed E-state index contributed by atoms with van der Waals surface area (Å²) in [6, 6.07) is 15.5. The maximum absolute atomic E-state index is 12.2. The molecule has 0 fully saturated rings. The Kier molecular flexibility index (Phi) is 5.68. The van der Waals surface area contributed by atoms with Gasteiger partial charge in [0, 0.05) is 12.7 Å². The Labute approximate surface area is 140 Å². The van der Waals surface area contributed by atoms with E-state index in [-0.39, 0.29) is 17.9 Å². The molecule has 0 saturated heterocycles. The van der Waals surface area contributed by atoms with Crippen LogP contribution >= 0.6 is 0 Å². The van der Waals surface area contributed by atoms with Gasteiger partial charge in [-0.1, -0.05) is 30.3 Å². The van der Waals surface area contributed by atoms with E-state index in [0.29, 0.717) is 11.4 Å². The summed E-state index contributed by atoms with van der Waals surface area (Å²) in [4.78, 5) is 37.4. The number of rotatable bonds is 5. The van der Waals surface area contributed by atoms with E-state index >= 15 is 0 Å². The first-order chi connectivity index (χ1) is 11.5. The molecular formula is C18H18N2O4. The zero-order valence-corrected chi connectivity index (χ0v) is 13.5. The number of amides is 2. The molecule has 2 rings (SSSR count). The Morgan fingerprint density at radius 3 is 2.29 bits per heavy atom. The van der Waals surface area contributed by atoms with Gasteiger partial charge in [0.15, 0.2) is 0 Å². The molecular weight excluding hydrogens is 308 g/mol. The van der Waals surface area contributed by atoms with Gasteiger partial charge in [0.25, 0.3) is 0 Å². The lowest BCUT2D eigenvalue weighted by atomic mass is 10.1. The van der Waals surface area contributed by atoms with Gasteiger partial charge >= 0.3 is 5.97 Å². The van der Waals surface area contributed by atoms with Crippen molar-refractivity contribution in [3.05, 3.63) is 60.2 Å². The number of hydrogen-bond donors (Lipinski definition) is 1. The number of anilines is 2. The fourth-order valence-corrected chi connectivity index (χ4v) is 2.13. The van der Waals surface area contributed by atoms with Gasteiger partial charge < -0.3 is 15.0 Å². The molecule has 0 saturated carbocycles. The van der Waals surface area contributed by atoms with E-state index in [0.717, 1.165) is 0 Å².